The highest BCUT2D eigenvalue weighted by atomic mass is 19.3. The lowest BCUT2D eigenvalue weighted by Crippen LogP contribution is -2.37. The number of rotatable bonds is 4. The summed E-state index contributed by atoms with van der Waals surface area (Å²) in [7, 11) is 0. The van der Waals surface area contributed by atoms with Crippen molar-refractivity contribution in [3.05, 3.63) is 0 Å². The molecule has 0 aliphatic heterocycles. The number of amides is 1. The van der Waals surface area contributed by atoms with Crippen LogP contribution in [0, 0.1) is 5.92 Å². The molecule has 0 aliphatic rings. The highest BCUT2D eigenvalue weighted by Crippen LogP contribution is 2.08. The van der Waals surface area contributed by atoms with Crippen LogP contribution < -0.4 is 5.32 Å². The third-order valence-electron chi connectivity index (χ3n) is 1.38. The van der Waals surface area contributed by atoms with Gasteiger partial charge in [-0.1, -0.05) is 0 Å². The Morgan fingerprint density at radius 2 is 2.00 bits per heavy atom. The Morgan fingerprint density at radius 1 is 1.47 bits per heavy atom. The SMILES string of the molecule is CC(C)(C)OC(=O)NCC(C=O)C(F)F. The largest absolute Gasteiger partial charge is 0.444 e. The molecule has 0 saturated carbocycles. The molecule has 0 fully saturated rings. The molecule has 1 unspecified atom stereocenters. The van der Waals surface area contributed by atoms with E-state index >= 15 is 0 Å². The van der Waals surface area contributed by atoms with E-state index in [2.05, 4.69) is 5.32 Å². The number of nitrogens with one attached hydrogen (secondary N) is 1. The van der Waals surface area contributed by atoms with Gasteiger partial charge in [0, 0.05) is 6.54 Å². The van der Waals surface area contributed by atoms with E-state index in [1.807, 2.05) is 0 Å². The number of hydrogen-bond acceptors (Lipinski definition) is 3. The number of alkyl halides is 2. The Morgan fingerprint density at radius 3 is 2.33 bits per heavy atom. The first kappa shape index (κ1) is 13.8. The molecule has 1 N–H and O–H groups in total. The number of hydrogen-bond donors (Lipinski definition) is 1. The second-order valence-electron chi connectivity index (χ2n) is 4.02. The van der Waals surface area contributed by atoms with Crippen LogP contribution in [-0.2, 0) is 9.53 Å². The van der Waals surface area contributed by atoms with Gasteiger partial charge in [-0.15, -0.1) is 0 Å². The van der Waals surface area contributed by atoms with Gasteiger partial charge in [0.15, 0.2) is 0 Å². The van der Waals surface area contributed by atoms with E-state index in [4.69, 9.17) is 4.74 Å². The highest BCUT2D eigenvalue weighted by molar-refractivity contribution is 5.68. The fourth-order valence-corrected chi connectivity index (χ4v) is 0.712. The number of alkyl carbamates (subject to hydrolysis) is 1. The molecule has 0 aliphatic carbocycles. The normalized spacial score (nSPS) is 13.5. The molecule has 1 amide bonds. The topological polar surface area (TPSA) is 55.4 Å². The Labute approximate surface area is 87.0 Å². The van der Waals surface area contributed by atoms with E-state index in [1.165, 1.54) is 0 Å². The summed E-state index contributed by atoms with van der Waals surface area (Å²) in [4.78, 5) is 21.2. The molecule has 88 valence electrons. The minimum Gasteiger partial charge on any atom is -0.444 e. The summed E-state index contributed by atoms with van der Waals surface area (Å²) in [6, 6.07) is 0. The van der Waals surface area contributed by atoms with Crippen molar-refractivity contribution in [2.24, 2.45) is 5.92 Å². The minimum absolute atomic E-state index is 0.113. The second-order valence-corrected chi connectivity index (χ2v) is 4.02. The van der Waals surface area contributed by atoms with Crippen LogP contribution in [0.5, 0.6) is 0 Å². The first-order chi connectivity index (χ1) is 6.76. The van der Waals surface area contributed by atoms with E-state index in [0.717, 1.165) is 0 Å². The van der Waals surface area contributed by atoms with Crippen LogP contribution in [-0.4, -0.2) is 31.0 Å². The number of halogens is 2. The number of ether oxygens (including phenoxy) is 1. The smallest absolute Gasteiger partial charge is 0.407 e. The number of carbonyl (C=O) groups is 2. The quantitative estimate of drug-likeness (QED) is 0.736. The molecule has 0 spiro atoms. The minimum atomic E-state index is -2.78. The zero-order valence-electron chi connectivity index (χ0n) is 8.92. The van der Waals surface area contributed by atoms with E-state index in [9.17, 15) is 18.4 Å². The van der Waals surface area contributed by atoms with Gasteiger partial charge >= 0.3 is 6.09 Å². The highest BCUT2D eigenvalue weighted by Gasteiger charge is 2.22. The molecule has 4 nitrogen and oxygen atoms in total. The maximum Gasteiger partial charge on any atom is 0.407 e. The maximum absolute atomic E-state index is 12.1. The summed E-state index contributed by atoms with van der Waals surface area (Å²) in [5.41, 5.74) is -0.689. The van der Waals surface area contributed by atoms with Gasteiger partial charge in [0.25, 0.3) is 0 Å². The summed E-state index contributed by atoms with van der Waals surface area (Å²) in [5, 5.41) is 2.10. The monoisotopic (exact) mass is 223 g/mol. The number of carbonyl (C=O) groups excluding carboxylic acids is 2. The van der Waals surface area contributed by atoms with Crippen molar-refractivity contribution in [3.8, 4) is 0 Å². The zero-order valence-corrected chi connectivity index (χ0v) is 8.92. The summed E-state index contributed by atoms with van der Waals surface area (Å²) < 4.78 is 28.9. The summed E-state index contributed by atoms with van der Waals surface area (Å²) >= 11 is 0. The first-order valence-electron chi connectivity index (χ1n) is 4.46. The second kappa shape index (κ2) is 5.63. The van der Waals surface area contributed by atoms with Crippen LogP contribution in [0.3, 0.4) is 0 Å². The zero-order chi connectivity index (χ0) is 12.1. The van der Waals surface area contributed by atoms with Crippen LogP contribution in [0.25, 0.3) is 0 Å². The molecule has 0 rings (SSSR count). The van der Waals surface area contributed by atoms with Gasteiger partial charge in [-0.3, -0.25) is 0 Å². The predicted octanol–water partition coefficient (Wildman–Crippen LogP) is 1.59. The fourth-order valence-electron chi connectivity index (χ4n) is 0.712. The molecular weight excluding hydrogens is 208 g/mol. The van der Waals surface area contributed by atoms with Crippen LogP contribution in [0.1, 0.15) is 20.8 Å². The van der Waals surface area contributed by atoms with Crippen molar-refractivity contribution < 1.29 is 23.1 Å². The fraction of sp³-hybridized carbons (Fsp3) is 0.778. The van der Waals surface area contributed by atoms with Crippen molar-refractivity contribution in [1.82, 2.24) is 5.32 Å². The van der Waals surface area contributed by atoms with Crippen LogP contribution >= 0.6 is 0 Å². The molecule has 6 heteroatoms. The summed E-state index contributed by atoms with van der Waals surface area (Å²) in [6.45, 7) is 4.53. The molecule has 0 saturated heterocycles. The lowest BCUT2D eigenvalue weighted by Gasteiger charge is -2.20. The molecule has 0 radical (unpaired) electrons. The Kier molecular flexibility index (Phi) is 5.18. The molecule has 0 aromatic rings. The van der Waals surface area contributed by atoms with Crippen LogP contribution in [0.15, 0.2) is 0 Å². The number of aldehydes is 1. The van der Waals surface area contributed by atoms with Crippen molar-refractivity contribution in [3.63, 3.8) is 0 Å². The molecular formula is C9H15F2NO3. The van der Waals surface area contributed by atoms with E-state index in [-0.39, 0.29) is 6.29 Å². The average Bonchev–Trinajstić information content (AvgIpc) is 2.01. The average molecular weight is 223 g/mol. The molecule has 0 bridgehead atoms. The van der Waals surface area contributed by atoms with Gasteiger partial charge < -0.3 is 14.8 Å². The Hall–Kier alpha value is -1.20. The summed E-state index contributed by atoms with van der Waals surface area (Å²) in [6.07, 6.45) is -3.48. The first-order valence-corrected chi connectivity index (χ1v) is 4.46. The van der Waals surface area contributed by atoms with Gasteiger partial charge in [0.2, 0.25) is 6.43 Å². The van der Waals surface area contributed by atoms with Gasteiger partial charge in [-0.25, -0.2) is 13.6 Å². The Bertz CT molecular complexity index is 226. The Balaban J connectivity index is 3.94. The van der Waals surface area contributed by atoms with Crippen molar-refractivity contribution in [1.29, 1.82) is 0 Å². The van der Waals surface area contributed by atoms with Gasteiger partial charge in [-0.05, 0) is 20.8 Å². The molecule has 0 aromatic carbocycles. The maximum atomic E-state index is 12.1. The molecule has 0 heterocycles. The third kappa shape index (κ3) is 6.82. The van der Waals surface area contributed by atoms with E-state index in [0.29, 0.717) is 0 Å². The molecule has 1 atom stereocenters. The van der Waals surface area contributed by atoms with Crippen molar-refractivity contribution in [2.75, 3.05) is 6.54 Å². The lowest BCUT2D eigenvalue weighted by molar-refractivity contribution is -0.115. The van der Waals surface area contributed by atoms with Crippen molar-refractivity contribution in [2.45, 2.75) is 32.8 Å². The van der Waals surface area contributed by atoms with Gasteiger partial charge in [-0.2, -0.15) is 0 Å². The molecule has 0 aromatic heterocycles. The van der Waals surface area contributed by atoms with Gasteiger partial charge in [0.1, 0.15) is 11.9 Å². The van der Waals surface area contributed by atoms with E-state index in [1.54, 1.807) is 20.8 Å². The predicted molar refractivity (Wildman–Crippen MR) is 49.8 cm³/mol. The van der Waals surface area contributed by atoms with Crippen LogP contribution in [0.2, 0.25) is 0 Å². The van der Waals surface area contributed by atoms with Crippen LogP contribution in [0.4, 0.5) is 13.6 Å². The third-order valence-corrected chi connectivity index (χ3v) is 1.38. The standard InChI is InChI=1S/C9H15F2NO3/c1-9(2,3)15-8(14)12-4-6(5-13)7(10)11/h5-7H,4H2,1-3H3,(H,12,14). The van der Waals surface area contributed by atoms with Crippen molar-refractivity contribution >= 4 is 12.4 Å². The molecule has 15 heavy (non-hydrogen) atoms. The van der Waals surface area contributed by atoms with Gasteiger partial charge in [0.05, 0.1) is 5.92 Å². The summed E-state index contributed by atoms with van der Waals surface area (Å²) in [5.74, 6) is -1.49. The lowest BCUT2D eigenvalue weighted by atomic mass is 10.2. The van der Waals surface area contributed by atoms with E-state index < -0.39 is 30.6 Å².